The highest BCUT2D eigenvalue weighted by molar-refractivity contribution is 5.83. The number of pyridine rings is 1. The average Bonchev–Trinajstić information content (AvgIpc) is 2.82. The number of aryl methyl sites for hydroxylation is 3. The first-order chi connectivity index (χ1) is 8.83. The minimum Gasteiger partial charge on any atom is -0.361 e. The summed E-state index contributed by atoms with van der Waals surface area (Å²) in [5, 5.41) is 1.35. The molecule has 1 N–H and O–H groups in total. The third kappa shape index (κ3) is 2.14. The summed E-state index contributed by atoms with van der Waals surface area (Å²) in [6.45, 7) is 0. The Kier molecular flexibility index (Phi) is 2.85. The van der Waals surface area contributed by atoms with Crippen molar-refractivity contribution >= 4 is 10.9 Å². The molecule has 3 rings (SSSR count). The van der Waals surface area contributed by atoms with E-state index in [2.05, 4.69) is 64.5 Å². The highest BCUT2D eigenvalue weighted by Gasteiger charge is 2.03. The number of fused-ring (bicyclic) bond motifs is 1. The van der Waals surface area contributed by atoms with Crippen LogP contribution in [-0.4, -0.2) is 4.98 Å². The standard InChI is InChI=1S/C16H17N2/c1-18-10-8-13(9-11-18)6-7-14-12-17-16-5-3-2-4-15(14)16/h2-5,8-12,17H,6-7H2,1H3/q+1. The normalized spacial score (nSPS) is 10.9. The molecule has 0 radical (unpaired) electrons. The maximum absolute atomic E-state index is 3.33. The summed E-state index contributed by atoms with van der Waals surface area (Å²) >= 11 is 0. The summed E-state index contributed by atoms with van der Waals surface area (Å²) in [5.74, 6) is 0. The van der Waals surface area contributed by atoms with Crippen molar-refractivity contribution in [1.29, 1.82) is 0 Å². The Morgan fingerprint density at radius 2 is 1.78 bits per heavy atom. The van der Waals surface area contributed by atoms with Gasteiger partial charge in [0.2, 0.25) is 0 Å². The summed E-state index contributed by atoms with van der Waals surface area (Å²) in [4.78, 5) is 3.33. The second kappa shape index (κ2) is 4.65. The van der Waals surface area contributed by atoms with Crippen LogP contribution in [0.1, 0.15) is 11.1 Å². The summed E-state index contributed by atoms with van der Waals surface area (Å²) in [5.41, 5.74) is 4.02. The van der Waals surface area contributed by atoms with Gasteiger partial charge in [0, 0.05) is 29.2 Å². The summed E-state index contributed by atoms with van der Waals surface area (Å²) in [7, 11) is 2.05. The third-order valence-electron chi connectivity index (χ3n) is 3.41. The molecule has 0 saturated carbocycles. The molecule has 0 aliphatic carbocycles. The van der Waals surface area contributed by atoms with Crippen molar-refractivity contribution < 1.29 is 4.57 Å². The molecule has 3 aromatic rings. The van der Waals surface area contributed by atoms with Crippen molar-refractivity contribution in [3.63, 3.8) is 0 Å². The topological polar surface area (TPSA) is 19.7 Å². The predicted octanol–water partition coefficient (Wildman–Crippen LogP) is 2.78. The van der Waals surface area contributed by atoms with Gasteiger partial charge in [-0.2, -0.15) is 0 Å². The molecular weight excluding hydrogens is 220 g/mol. The zero-order valence-corrected chi connectivity index (χ0v) is 10.6. The first-order valence-electron chi connectivity index (χ1n) is 6.32. The molecule has 90 valence electrons. The highest BCUT2D eigenvalue weighted by atomic mass is 14.9. The number of benzene rings is 1. The largest absolute Gasteiger partial charge is 0.361 e. The van der Waals surface area contributed by atoms with Crippen LogP contribution in [0.25, 0.3) is 10.9 Å². The molecule has 2 aromatic heterocycles. The summed E-state index contributed by atoms with van der Waals surface area (Å²) in [6, 6.07) is 12.9. The second-order valence-electron chi connectivity index (χ2n) is 4.73. The molecule has 0 atom stereocenters. The number of H-pyrrole nitrogens is 1. The fourth-order valence-corrected chi connectivity index (χ4v) is 2.32. The fourth-order valence-electron chi connectivity index (χ4n) is 2.32. The average molecular weight is 237 g/mol. The number of nitrogens with zero attached hydrogens (tertiary/aromatic N) is 1. The molecule has 2 nitrogen and oxygen atoms in total. The van der Waals surface area contributed by atoms with Crippen LogP contribution >= 0.6 is 0 Å². The number of hydrogen-bond acceptors (Lipinski definition) is 0. The minimum absolute atomic E-state index is 1.08. The molecule has 0 aliphatic rings. The van der Waals surface area contributed by atoms with Crippen molar-refractivity contribution in [2.45, 2.75) is 12.8 Å². The molecule has 18 heavy (non-hydrogen) atoms. The molecule has 0 bridgehead atoms. The van der Waals surface area contributed by atoms with E-state index >= 15 is 0 Å². The lowest BCUT2D eigenvalue weighted by atomic mass is 10.0. The predicted molar refractivity (Wildman–Crippen MR) is 73.3 cm³/mol. The SMILES string of the molecule is C[n+]1ccc(CCc2c[nH]c3ccccc23)cc1. The zero-order chi connectivity index (χ0) is 12.4. The first-order valence-corrected chi connectivity index (χ1v) is 6.32. The van der Waals surface area contributed by atoms with Crippen LogP contribution < -0.4 is 4.57 Å². The smallest absolute Gasteiger partial charge is 0.168 e. The van der Waals surface area contributed by atoms with Gasteiger partial charge in [-0.25, -0.2) is 4.57 Å². The highest BCUT2D eigenvalue weighted by Crippen LogP contribution is 2.19. The van der Waals surface area contributed by atoms with Crippen molar-refractivity contribution in [3.8, 4) is 0 Å². The molecule has 0 fully saturated rings. The number of hydrogen-bond donors (Lipinski definition) is 1. The Labute approximate surface area is 107 Å². The molecule has 0 unspecified atom stereocenters. The number of nitrogens with one attached hydrogen (secondary N) is 1. The van der Waals surface area contributed by atoms with Crippen LogP contribution in [0, 0.1) is 0 Å². The van der Waals surface area contributed by atoms with E-state index in [1.165, 1.54) is 22.0 Å². The van der Waals surface area contributed by atoms with E-state index in [1.807, 2.05) is 7.05 Å². The van der Waals surface area contributed by atoms with Gasteiger partial charge in [0.15, 0.2) is 12.4 Å². The van der Waals surface area contributed by atoms with Gasteiger partial charge < -0.3 is 4.98 Å². The Morgan fingerprint density at radius 1 is 1.00 bits per heavy atom. The minimum atomic E-state index is 1.08. The maximum Gasteiger partial charge on any atom is 0.168 e. The van der Waals surface area contributed by atoms with Gasteiger partial charge in [0.05, 0.1) is 0 Å². The van der Waals surface area contributed by atoms with Crippen molar-refractivity contribution in [1.82, 2.24) is 4.98 Å². The maximum atomic E-state index is 3.33. The lowest BCUT2D eigenvalue weighted by Crippen LogP contribution is -2.25. The van der Waals surface area contributed by atoms with E-state index in [1.54, 1.807) is 0 Å². The van der Waals surface area contributed by atoms with Gasteiger partial charge in [-0.05, 0) is 30.0 Å². The Morgan fingerprint density at radius 3 is 2.61 bits per heavy atom. The van der Waals surface area contributed by atoms with Crippen LogP contribution in [0.15, 0.2) is 55.0 Å². The Balaban J connectivity index is 1.79. The van der Waals surface area contributed by atoms with Crippen LogP contribution in [0.2, 0.25) is 0 Å². The molecule has 2 heteroatoms. The molecule has 2 heterocycles. The van der Waals surface area contributed by atoms with Gasteiger partial charge in [-0.3, -0.25) is 0 Å². The van der Waals surface area contributed by atoms with E-state index in [-0.39, 0.29) is 0 Å². The number of aromatic nitrogens is 2. The molecular formula is C16H17N2+. The van der Waals surface area contributed by atoms with Crippen LogP contribution in [0.3, 0.4) is 0 Å². The molecule has 1 aromatic carbocycles. The lowest BCUT2D eigenvalue weighted by molar-refractivity contribution is -0.671. The van der Waals surface area contributed by atoms with E-state index < -0.39 is 0 Å². The summed E-state index contributed by atoms with van der Waals surface area (Å²) < 4.78 is 2.06. The van der Waals surface area contributed by atoms with Crippen LogP contribution in [0.4, 0.5) is 0 Å². The molecule has 0 amide bonds. The van der Waals surface area contributed by atoms with E-state index in [0.717, 1.165) is 12.8 Å². The van der Waals surface area contributed by atoms with Gasteiger partial charge in [0.25, 0.3) is 0 Å². The van der Waals surface area contributed by atoms with Crippen LogP contribution in [0.5, 0.6) is 0 Å². The van der Waals surface area contributed by atoms with Gasteiger partial charge in [-0.1, -0.05) is 18.2 Å². The summed E-state index contributed by atoms with van der Waals surface area (Å²) in [6.07, 6.45) is 8.50. The van der Waals surface area contributed by atoms with Gasteiger partial charge >= 0.3 is 0 Å². The quantitative estimate of drug-likeness (QED) is 0.676. The van der Waals surface area contributed by atoms with Crippen molar-refractivity contribution in [2.24, 2.45) is 7.05 Å². The van der Waals surface area contributed by atoms with Crippen molar-refractivity contribution in [2.75, 3.05) is 0 Å². The Hall–Kier alpha value is -2.09. The van der Waals surface area contributed by atoms with Gasteiger partial charge in [-0.15, -0.1) is 0 Å². The monoisotopic (exact) mass is 237 g/mol. The first kappa shape index (κ1) is 11.0. The van der Waals surface area contributed by atoms with E-state index in [4.69, 9.17) is 0 Å². The van der Waals surface area contributed by atoms with Crippen molar-refractivity contribution in [3.05, 3.63) is 66.1 Å². The van der Waals surface area contributed by atoms with Crippen LogP contribution in [-0.2, 0) is 19.9 Å². The number of para-hydroxylation sites is 1. The third-order valence-corrected chi connectivity index (χ3v) is 3.41. The number of rotatable bonds is 3. The van der Waals surface area contributed by atoms with Gasteiger partial charge in [0.1, 0.15) is 7.05 Å². The second-order valence-corrected chi connectivity index (χ2v) is 4.73. The molecule has 0 saturated heterocycles. The lowest BCUT2D eigenvalue weighted by Gasteiger charge is -2.00. The Bertz CT molecular complexity index is 650. The van der Waals surface area contributed by atoms with E-state index in [9.17, 15) is 0 Å². The number of aromatic amines is 1. The molecule has 0 aliphatic heterocycles. The zero-order valence-electron chi connectivity index (χ0n) is 10.6. The molecule has 0 spiro atoms. The fraction of sp³-hybridized carbons (Fsp3) is 0.188. The van der Waals surface area contributed by atoms with E-state index in [0.29, 0.717) is 0 Å².